The van der Waals surface area contributed by atoms with Gasteiger partial charge in [0.1, 0.15) is 16.3 Å². The van der Waals surface area contributed by atoms with E-state index >= 15 is 0 Å². The molecule has 1 N–H and O–H groups in total. The van der Waals surface area contributed by atoms with Gasteiger partial charge in [-0.1, -0.05) is 18.6 Å². The lowest BCUT2D eigenvalue weighted by atomic mass is 10.1. The van der Waals surface area contributed by atoms with Gasteiger partial charge in [0.05, 0.1) is 0 Å². The van der Waals surface area contributed by atoms with Crippen molar-refractivity contribution in [2.24, 2.45) is 0 Å². The van der Waals surface area contributed by atoms with Crippen LogP contribution in [0.15, 0.2) is 33.9 Å². The van der Waals surface area contributed by atoms with Crippen molar-refractivity contribution in [1.29, 1.82) is 0 Å². The lowest BCUT2D eigenvalue weighted by molar-refractivity contribution is 0.423. The second-order valence-corrected chi connectivity index (χ2v) is 5.98. The molecule has 0 radical (unpaired) electrons. The van der Waals surface area contributed by atoms with Crippen LogP contribution in [-0.2, 0) is 10.8 Å². The first-order valence-corrected chi connectivity index (χ1v) is 7.62. The van der Waals surface area contributed by atoms with Crippen LogP contribution in [0.5, 0.6) is 0 Å². The fourth-order valence-corrected chi connectivity index (χ4v) is 3.44. The Morgan fingerprint density at radius 1 is 1.39 bits per heavy atom. The van der Waals surface area contributed by atoms with Crippen LogP contribution in [0.2, 0.25) is 0 Å². The van der Waals surface area contributed by atoms with E-state index in [-0.39, 0.29) is 0 Å². The maximum Gasteiger partial charge on any atom is 0.287 e. The standard InChI is InChI=1S/C13H16N2O2S/c16-18(9-10-5-3-4-8-14-10)13-15-11-6-1-2-7-12(11)17-13/h1-2,6-7,10,14H,3-5,8-9H2/t10-,18-/m0/s1. The van der Waals surface area contributed by atoms with Gasteiger partial charge in [-0.3, -0.25) is 0 Å². The molecule has 4 nitrogen and oxygen atoms in total. The Hall–Kier alpha value is -1.20. The van der Waals surface area contributed by atoms with Crippen molar-refractivity contribution < 1.29 is 8.63 Å². The number of nitrogens with zero attached hydrogens (tertiary/aromatic N) is 1. The topological polar surface area (TPSA) is 55.1 Å². The van der Waals surface area contributed by atoms with Gasteiger partial charge in [-0.05, 0) is 31.5 Å². The summed E-state index contributed by atoms with van der Waals surface area (Å²) in [6.07, 6.45) is 3.51. The molecule has 3 rings (SSSR count). The van der Waals surface area contributed by atoms with E-state index in [2.05, 4.69) is 10.3 Å². The summed E-state index contributed by atoms with van der Waals surface area (Å²) in [5.74, 6) is 0.590. The number of fused-ring (bicyclic) bond motifs is 1. The zero-order valence-corrected chi connectivity index (χ0v) is 10.9. The van der Waals surface area contributed by atoms with Gasteiger partial charge in [0, 0.05) is 11.8 Å². The molecule has 0 amide bonds. The molecule has 1 saturated heterocycles. The summed E-state index contributed by atoms with van der Waals surface area (Å²) in [4.78, 5) is 4.28. The van der Waals surface area contributed by atoms with Crippen LogP contribution >= 0.6 is 0 Å². The third kappa shape index (κ3) is 2.47. The molecular weight excluding hydrogens is 248 g/mol. The fraction of sp³-hybridized carbons (Fsp3) is 0.462. The van der Waals surface area contributed by atoms with Gasteiger partial charge in [-0.15, -0.1) is 0 Å². The van der Waals surface area contributed by atoms with Crippen molar-refractivity contribution in [2.45, 2.75) is 30.5 Å². The zero-order valence-electron chi connectivity index (χ0n) is 10.1. The largest absolute Gasteiger partial charge is 0.430 e. The Morgan fingerprint density at radius 3 is 3.06 bits per heavy atom. The average Bonchev–Trinajstić information content (AvgIpc) is 2.84. The van der Waals surface area contributed by atoms with Crippen molar-refractivity contribution in [3.63, 3.8) is 0 Å². The second kappa shape index (κ2) is 5.20. The third-order valence-electron chi connectivity index (χ3n) is 3.23. The van der Waals surface area contributed by atoms with Gasteiger partial charge in [0.15, 0.2) is 5.58 Å². The maximum absolute atomic E-state index is 12.2. The number of oxazole rings is 1. The Morgan fingerprint density at radius 2 is 2.28 bits per heavy atom. The van der Waals surface area contributed by atoms with Gasteiger partial charge in [0.25, 0.3) is 5.22 Å². The molecule has 1 aromatic heterocycles. The summed E-state index contributed by atoms with van der Waals surface area (Å²) in [6, 6.07) is 7.85. The Kier molecular flexibility index (Phi) is 3.43. The Balaban J connectivity index is 1.74. The first-order chi connectivity index (χ1) is 8.83. The van der Waals surface area contributed by atoms with E-state index in [1.54, 1.807) is 0 Å². The predicted molar refractivity (Wildman–Crippen MR) is 70.9 cm³/mol. The van der Waals surface area contributed by atoms with Gasteiger partial charge in [-0.2, -0.15) is 0 Å². The molecule has 2 atom stereocenters. The predicted octanol–water partition coefficient (Wildman–Crippen LogP) is 2.08. The summed E-state index contributed by atoms with van der Waals surface area (Å²) in [5, 5.41) is 3.74. The fourth-order valence-electron chi connectivity index (χ4n) is 2.27. The van der Waals surface area contributed by atoms with Crippen molar-refractivity contribution in [3.05, 3.63) is 24.3 Å². The van der Waals surface area contributed by atoms with Gasteiger partial charge in [0.2, 0.25) is 0 Å². The number of piperidine rings is 1. The zero-order chi connectivity index (χ0) is 12.4. The van der Waals surface area contributed by atoms with Crippen LogP contribution in [-0.4, -0.2) is 27.5 Å². The molecule has 1 aliphatic heterocycles. The van der Waals surface area contributed by atoms with Crippen molar-refractivity contribution in [3.8, 4) is 0 Å². The van der Waals surface area contributed by atoms with Crippen LogP contribution in [0.3, 0.4) is 0 Å². The number of rotatable bonds is 3. The minimum Gasteiger partial charge on any atom is -0.430 e. The molecule has 1 aliphatic rings. The molecule has 0 spiro atoms. The summed E-state index contributed by atoms with van der Waals surface area (Å²) < 4.78 is 17.7. The van der Waals surface area contributed by atoms with Crippen LogP contribution in [0, 0.1) is 0 Å². The highest BCUT2D eigenvalue weighted by atomic mass is 32.2. The van der Waals surface area contributed by atoms with Crippen LogP contribution in [0.1, 0.15) is 19.3 Å². The van der Waals surface area contributed by atoms with E-state index in [4.69, 9.17) is 4.42 Å². The highest BCUT2D eigenvalue weighted by molar-refractivity contribution is 7.84. The van der Waals surface area contributed by atoms with Crippen molar-refractivity contribution in [2.75, 3.05) is 12.3 Å². The lowest BCUT2D eigenvalue weighted by Crippen LogP contribution is -2.38. The molecule has 1 fully saturated rings. The second-order valence-electron chi connectivity index (χ2n) is 4.61. The molecule has 1 aromatic carbocycles. The number of aromatic nitrogens is 1. The molecule has 2 heterocycles. The Bertz CT molecular complexity index is 528. The number of hydrogen-bond acceptors (Lipinski definition) is 4. The molecule has 18 heavy (non-hydrogen) atoms. The first kappa shape index (κ1) is 11.9. The monoisotopic (exact) mass is 264 g/mol. The quantitative estimate of drug-likeness (QED) is 0.922. The average molecular weight is 264 g/mol. The summed E-state index contributed by atoms with van der Waals surface area (Å²) in [7, 11) is -1.15. The molecule has 2 aromatic rings. The van der Waals surface area contributed by atoms with E-state index in [1.807, 2.05) is 24.3 Å². The number of hydrogen-bond donors (Lipinski definition) is 1. The van der Waals surface area contributed by atoms with E-state index in [0.29, 0.717) is 22.6 Å². The minimum atomic E-state index is -1.15. The SMILES string of the molecule is O=[S@@](C[C@@H]1CCCCN1)c1nc2ccccc2o1. The first-order valence-electron chi connectivity index (χ1n) is 6.30. The molecule has 0 saturated carbocycles. The van der Waals surface area contributed by atoms with Crippen molar-refractivity contribution >= 4 is 21.9 Å². The van der Waals surface area contributed by atoms with E-state index in [0.717, 1.165) is 18.5 Å². The number of nitrogens with one attached hydrogen (secondary N) is 1. The van der Waals surface area contributed by atoms with E-state index in [9.17, 15) is 4.21 Å². The normalized spacial score (nSPS) is 22.1. The minimum absolute atomic E-state index is 0.328. The molecule has 96 valence electrons. The van der Waals surface area contributed by atoms with Crippen LogP contribution < -0.4 is 5.32 Å². The van der Waals surface area contributed by atoms with Crippen molar-refractivity contribution in [1.82, 2.24) is 10.3 Å². The highest BCUT2D eigenvalue weighted by Gasteiger charge is 2.19. The molecule has 0 aliphatic carbocycles. The van der Waals surface area contributed by atoms with Gasteiger partial charge < -0.3 is 9.73 Å². The highest BCUT2D eigenvalue weighted by Crippen LogP contribution is 2.18. The smallest absolute Gasteiger partial charge is 0.287 e. The lowest BCUT2D eigenvalue weighted by Gasteiger charge is -2.22. The van der Waals surface area contributed by atoms with E-state index < -0.39 is 10.8 Å². The third-order valence-corrected chi connectivity index (χ3v) is 4.50. The number of para-hydroxylation sites is 2. The number of benzene rings is 1. The molecule has 5 heteroatoms. The van der Waals surface area contributed by atoms with Gasteiger partial charge in [-0.25, -0.2) is 9.19 Å². The summed E-state index contributed by atoms with van der Waals surface area (Å²) in [5.41, 5.74) is 1.48. The molecule has 0 unspecified atom stereocenters. The molecular formula is C13H16N2O2S. The summed E-state index contributed by atoms with van der Waals surface area (Å²) >= 11 is 0. The van der Waals surface area contributed by atoms with Gasteiger partial charge >= 0.3 is 0 Å². The summed E-state index contributed by atoms with van der Waals surface area (Å²) in [6.45, 7) is 1.02. The maximum atomic E-state index is 12.2. The van der Waals surface area contributed by atoms with Crippen LogP contribution in [0.4, 0.5) is 0 Å². The molecule has 0 bridgehead atoms. The van der Waals surface area contributed by atoms with E-state index in [1.165, 1.54) is 12.8 Å². The van der Waals surface area contributed by atoms with Crippen LogP contribution in [0.25, 0.3) is 11.1 Å². The Labute approximate surface area is 108 Å².